The lowest BCUT2D eigenvalue weighted by atomic mass is 10.2. The summed E-state index contributed by atoms with van der Waals surface area (Å²) in [6, 6.07) is 13.2. The number of carbonyl (C=O) groups is 1. The number of para-hydroxylation sites is 1. The van der Waals surface area contributed by atoms with Crippen molar-refractivity contribution in [3.63, 3.8) is 0 Å². The minimum atomic E-state index is -0.0839. The summed E-state index contributed by atoms with van der Waals surface area (Å²) < 4.78 is 5.34. The Balaban J connectivity index is 2.04. The van der Waals surface area contributed by atoms with Crippen LogP contribution in [0.3, 0.4) is 0 Å². The highest BCUT2D eigenvalue weighted by molar-refractivity contribution is 7.20. The summed E-state index contributed by atoms with van der Waals surface area (Å²) in [6.45, 7) is 1.89. The molecule has 4 nitrogen and oxygen atoms in total. The number of allylic oxidation sites excluding steroid dienone is 1. The number of hydrogen-bond acceptors (Lipinski definition) is 4. The van der Waals surface area contributed by atoms with Crippen molar-refractivity contribution in [1.82, 2.24) is 4.98 Å². The molecule has 1 amide bonds. The zero-order valence-electron chi connectivity index (χ0n) is 12.9. The van der Waals surface area contributed by atoms with E-state index in [1.165, 1.54) is 11.3 Å². The van der Waals surface area contributed by atoms with Crippen molar-refractivity contribution in [1.29, 1.82) is 0 Å². The Morgan fingerprint density at radius 2 is 2.04 bits per heavy atom. The van der Waals surface area contributed by atoms with E-state index in [1.54, 1.807) is 30.5 Å². The molecule has 2 heterocycles. The predicted octanol–water partition coefficient (Wildman–Crippen LogP) is 4.49. The van der Waals surface area contributed by atoms with Gasteiger partial charge in [0.25, 0.3) is 5.91 Å². The number of nitrogens with zero attached hydrogens (tertiary/aromatic N) is 2. The molecule has 1 aromatic carbocycles. The van der Waals surface area contributed by atoms with Crippen LogP contribution in [0.1, 0.15) is 16.6 Å². The number of pyridine rings is 1. The number of anilines is 1. The van der Waals surface area contributed by atoms with Gasteiger partial charge in [-0.25, -0.2) is 4.98 Å². The topological polar surface area (TPSA) is 42.4 Å². The minimum absolute atomic E-state index is 0.0839. The molecule has 0 saturated heterocycles. The molecule has 0 unspecified atom stereocenters. The molecule has 0 bridgehead atoms. The molecule has 116 valence electrons. The summed E-state index contributed by atoms with van der Waals surface area (Å²) in [5.74, 6) is 0.641. The van der Waals surface area contributed by atoms with Gasteiger partial charge in [0.05, 0.1) is 17.4 Å². The van der Waals surface area contributed by atoms with Gasteiger partial charge in [0.2, 0.25) is 0 Å². The Kier molecular flexibility index (Phi) is 4.39. The molecule has 2 aromatic heterocycles. The number of amides is 1. The van der Waals surface area contributed by atoms with Crippen LogP contribution in [0.25, 0.3) is 10.2 Å². The van der Waals surface area contributed by atoms with E-state index in [2.05, 4.69) is 4.98 Å². The molecule has 3 rings (SSSR count). The highest BCUT2D eigenvalue weighted by atomic mass is 32.1. The Labute approximate surface area is 138 Å². The van der Waals surface area contributed by atoms with Gasteiger partial charge in [-0.2, -0.15) is 0 Å². The maximum atomic E-state index is 12.9. The van der Waals surface area contributed by atoms with Gasteiger partial charge in [0.1, 0.15) is 10.6 Å². The first kappa shape index (κ1) is 15.2. The van der Waals surface area contributed by atoms with Gasteiger partial charge in [0.15, 0.2) is 0 Å². The normalized spacial score (nSPS) is 11.0. The molecular formula is C18H16N2O2S. The fourth-order valence-corrected chi connectivity index (χ4v) is 3.28. The smallest absolute Gasteiger partial charge is 0.272 e. The first-order valence-corrected chi connectivity index (χ1v) is 8.00. The number of thiophene rings is 1. The molecule has 0 saturated carbocycles. The lowest BCUT2D eigenvalue weighted by Gasteiger charge is -2.17. The number of ether oxygens (including phenoxy) is 1. The van der Waals surface area contributed by atoms with Crippen LogP contribution >= 0.6 is 11.3 Å². The number of hydrogen-bond donors (Lipinski definition) is 0. The van der Waals surface area contributed by atoms with Crippen LogP contribution in [0.5, 0.6) is 5.75 Å². The van der Waals surface area contributed by atoms with Crippen LogP contribution in [0.2, 0.25) is 0 Å². The Bertz CT molecular complexity index is 856. The van der Waals surface area contributed by atoms with E-state index in [-0.39, 0.29) is 5.91 Å². The molecule has 0 aliphatic rings. The van der Waals surface area contributed by atoms with Gasteiger partial charge < -0.3 is 4.74 Å². The predicted molar refractivity (Wildman–Crippen MR) is 94.2 cm³/mol. The number of methoxy groups -OCH3 is 1. The van der Waals surface area contributed by atoms with E-state index in [9.17, 15) is 4.79 Å². The molecule has 23 heavy (non-hydrogen) atoms. The summed E-state index contributed by atoms with van der Waals surface area (Å²) in [4.78, 5) is 20.3. The first-order chi connectivity index (χ1) is 11.2. The van der Waals surface area contributed by atoms with Gasteiger partial charge in [-0.1, -0.05) is 24.3 Å². The number of fused-ring (bicyclic) bond motifs is 1. The van der Waals surface area contributed by atoms with Crippen LogP contribution in [0.15, 0.2) is 60.9 Å². The number of rotatable bonds is 4. The average molecular weight is 324 g/mol. The Morgan fingerprint density at radius 1 is 1.26 bits per heavy atom. The summed E-state index contributed by atoms with van der Waals surface area (Å²) >= 11 is 1.37. The molecule has 0 atom stereocenters. The van der Waals surface area contributed by atoms with E-state index in [0.717, 1.165) is 21.7 Å². The van der Waals surface area contributed by atoms with Gasteiger partial charge in [-0.05, 0) is 31.2 Å². The summed E-state index contributed by atoms with van der Waals surface area (Å²) in [5, 5.41) is 0.858. The second-order valence-electron chi connectivity index (χ2n) is 4.84. The maximum Gasteiger partial charge on any atom is 0.272 e. The average Bonchev–Trinajstić information content (AvgIpc) is 3.04. The monoisotopic (exact) mass is 324 g/mol. The van der Waals surface area contributed by atoms with E-state index in [1.807, 2.05) is 49.4 Å². The van der Waals surface area contributed by atoms with E-state index in [4.69, 9.17) is 4.74 Å². The van der Waals surface area contributed by atoms with E-state index in [0.29, 0.717) is 4.88 Å². The largest absolute Gasteiger partial charge is 0.496 e. The third-order valence-corrected chi connectivity index (χ3v) is 4.41. The molecule has 0 aliphatic heterocycles. The van der Waals surface area contributed by atoms with Crippen LogP contribution in [-0.2, 0) is 0 Å². The summed E-state index contributed by atoms with van der Waals surface area (Å²) in [6.07, 6.45) is 5.30. The van der Waals surface area contributed by atoms with Gasteiger partial charge in [-0.15, -0.1) is 11.3 Å². The van der Waals surface area contributed by atoms with Crippen molar-refractivity contribution in [3.05, 3.63) is 65.8 Å². The van der Waals surface area contributed by atoms with Crippen LogP contribution in [-0.4, -0.2) is 18.0 Å². The first-order valence-electron chi connectivity index (χ1n) is 7.18. The number of carbonyl (C=O) groups excluding carboxylic acids is 1. The lowest BCUT2D eigenvalue weighted by Crippen LogP contribution is -2.24. The SMILES string of the molecule is C/C=C\N(C(=O)c1cc2c(OC)ccnc2s1)c1ccccc1. The van der Waals surface area contributed by atoms with Gasteiger partial charge in [0, 0.05) is 18.1 Å². The van der Waals surface area contributed by atoms with E-state index < -0.39 is 0 Å². The third-order valence-electron chi connectivity index (χ3n) is 3.38. The minimum Gasteiger partial charge on any atom is -0.496 e. The lowest BCUT2D eigenvalue weighted by molar-refractivity contribution is 0.100. The van der Waals surface area contributed by atoms with Crippen LogP contribution in [0, 0.1) is 0 Å². The molecule has 0 N–H and O–H groups in total. The standard InChI is InChI=1S/C18H16N2O2S/c1-3-11-20(13-7-5-4-6-8-13)18(21)16-12-14-15(22-2)9-10-19-17(14)23-16/h3-12H,1-2H3/b11-3-. The maximum absolute atomic E-state index is 12.9. The van der Waals surface area contributed by atoms with Crippen LogP contribution in [0.4, 0.5) is 5.69 Å². The Morgan fingerprint density at radius 3 is 2.74 bits per heavy atom. The van der Waals surface area contributed by atoms with Crippen molar-refractivity contribution in [2.24, 2.45) is 0 Å². The zero-order valence-corrected chi connectivity index (χ0v) is 13.7. The van der Waals surface area contributed by atoms with Crippen molar-refractivity contribution in [2.45, 2.75) is 6.92 Å². The molecule has 0 radical (unpaired) electrons. The molecule has 3 aromatic rings. The van der Waals surface area contributed by atoms with Gasteiger partial charge in [-0.3, -0.25) is 9.69 Å². The second kappa shape index (κ2) is 6.62. The molecule has 0 aliphatic carbocycles. The number of benzene rings is 1. The van der Waals surface area contributed by atoms with Crippen molar-refractivity contribution < 1.29 is 9.53 Å². The molecule has 5 heteroatoms. The fraction of sp³-hybridized carbons (Fsp3) is 0.111. The highest BCUT2D eigenvalue weighted by Crippen LogP contribution is 2.32. The summed E-state index contributed by atoms with van der Waals surface area (Å²) in [5.41, 5.74) is 0.827. The van der Waals surface area contributed by atoms with Crippen LogP contribution < -0.4 is 9.64 Å². The third kappa shape index (κ3) is 2.96. The highest BCUT2D eigenvalue weighted by Gasteiger charge is 2.19. The Hall–Kier alpha value is -2.66. The fourth-order valence-electron chi connectivity index (χ4n) is 2.33. The van der Waals surface area contributed by atoms with Crippen molar-refractivity contribution >= 4 is 33.1 Å². The molecule has 0 fully saturated rings. The van der Waals surface area contributed by atoms with Crippen molar-refractivity contribution in [2.75, 3.05) is 12.0 Å². The number of aromatic nitrogens is 1. The van der Waals surface area contributed by atoms with Gasteiger partial charge >= 0.3 is 0 Å². The quantitative estimate of drug-likeness (QED) is 0.710. The second-order valence-corrected chi connectivity index (χ2v) is 5.87. The molecule has 0 spiro atoms. The summed E-state index contributed by atoms with van der Waals surface area (Å²) in [7, 11) is 1.62. The van der Waals surface area contributed by atoms with Crippen molar-refractivity contribution in [3.8, 4) is 5.75 Å². The van der Waals surface area contributed by atoms with E-state index >= 15 is 0 Å². The zero-order chi connectivity index (χ0) is 16.2. The molecular weight excluding hydrogens is 308 g/mol.